The molecule has 4 atom stereocenters. The lowest BCUT2D eigenvalue weighted by molar-refractivity contribution is -0.141. The zero-order valence-corrected chi connectivity index (χ0v) is 23.6. The van der Waals surface area contributed by atoms with Crippen LogP contribution in [0.5, 0.6) is 5.75 Å². The zero-order chi connectivity index (χ0) is 28.9. The van der Waals surface area contributed by atoms with Gasteiger partial charge < -0.3 is 20.4 Å². The number of imide groups is 1. The van der Waals surface area contributed by atoms with Gasteiger partial charge in [-0.3, -0.25) is 19.3 Å². The first kappa shape index (κ1) is 30.6. The summed E-state index contributed by atoms with van der Waals surface area (Å²) in [5, 5.41) is 40.5. The summed E-state index contributed by atoms with van der Waals surface area (Å²) < 4.78 is 0. The van der Waals surface area contributed by atoms with E-state index in [4.69, 9.17) is 5.11 Å². The van der Waals surface area contributed by atoms with Gasteiger partial charge in [0.2, 0.25) is 11.8 Å². The number of hydrogen-bond donors (Lipinski definition) is 4. The molecule has 0 aromatic heterocycles. The average molecular weight is 542 g/mol. The van der Waals surface area contributed by atoms with Crippen LogP contribution in [0.4, 0.5) is 0 Å². The molecule has 1 aromatic rings. The lowest BCUT2D eigenvalue weighted by Crippen LogP contribution is -2.39. The quantitative estimate of drug-likeness (QED) is 0.164. The Labute approximate surface area is 231 Å². The summed E-state index contributed by atoms with van der Waals surface area (Å²) >= 11 is 0. The first-order valence-electron chi connectivity index (χ1n) is 14.0. The second-order valence-electron chi connectivity index (χ2n) is 11.1. The van der Waals surface area contributed by atoms with Crippen molar-refractivity contribution in [2.24, 2.45) is 17.8 Å². The largest absolute Gasteiger partial charge is 0.507 e. The second kappa shape index (κ2) is 13.4. The van der Waals surface area contributed by atoms with E-state index in [0.717, 1.165) is 27.8 Å². The number of carbonyl (C=O) groups is 3. The second-order valence-corrected chi connectivity index (χ2v) is 11.1. The lowest BCUT2D eigenvalue weighted by atomic mass is 9.67. The molecule has 8 nitrogen and oxygen atoms in total. The predicted octanol–water partition coefficient (Wildman–Crippen LogP) is 4.52. The Morgan fingerprint density at radius 2 is 1.77 bits per heavy atom. The maximum Gasteiger partial charge on any atom is 0.303 e. The topological polar surface area (TPSA) is 135 Å². The molecule has 4 N–H and O–H groups in total. The summed E-state index contributed by atoms with van der Waals surface area (Å²) in [6.45, 7) is 7.62. The van der Waals surface area contributed by atoms with Gasteiger partial charge in [0.1, 0.15) is 5.75 Å². The number of unbranched alkanes of at least 4 members (excludes halogenated alkanes) is 2. The van der Waals surface area contributed by atoms with E-state index in [9.17, 15) is 29.7 Å². The Hall–Kier alpha value is -2.97. The highest BCUT2D eigenvalue weighted by molar-refractivity contribution is 6.05. The predicted molar refractivity (Wildman–Crippen MR) is 149 cm³/mol. The van der Waals surface area contributed by atoms with E-state index in [1.807, 2.05) is 45.9 Å². The number of aliphatic hydroxyl groups excluding tert-OH is 2. The van der Waals surface area contributed by atoms with Gasteiger partial charge in [-0.05, 0) is 93.7 Å². The fourth-order valence-electron chi connectivity index (χ4n) is 6.26. The summed E-state index contributed by atoms with van der Waals surface area (Å²) in [4.78, 5) is 38.6. The van der Waals surface area contributed by atoms with Crippen molar-refractivity contribution in [3.63, 3.8) is 0 Å². The van der Waals surface area contributed by atoms with Crippen LogP contribution in [0.2, 0.25) is 0 Å². The van der Waals surface area contributed by atoms with Crippen LogP contribution >= 0.6 is 0 Å². The standard InChI is InChI=1S/C31H43NO7/c1-5-22-16-23-28(31(39)32(30(23)38)12-8-6-7-9-26(35)36)24(17-33)27(22)25(34)11-10-18(2)13-21-14-19(3)29(37)20(4)15-21/h13-15,23-25,28,33-34,37H,5-12,16-17H2,1-4H3,(H,35,36)/b18-13+/t23-,24+,25-,28-/m1/s1. The molecule has 1 aliphatic heterocycles. The molecule has 2 aliphatic rings. The first-order valence-corrected chi connectivity index (χ1v) is 14.0. The van der Waals surface area contributed by atoms with Gasteiger partial charge in [0.15, 0.2) is 0 Å². The minimum absolute atomic E-state index is 0.0631. The summed E-state index contributed by atoms with van der Waals surface area (Å²) in [6, 6.07) is 3.84. The third-order valence-corrected chi connectivity index (χ3v) is 8.27. The van der Waals surface area contributed by atoms with Crippen molar-refractivity contribution in [2.75, 3.05) is 13.2 Å². The molecule has 1 aromatic carbocycles. The van der Waals surface area contributed by atoms with E-state index >= 15 is 0 Å². The van der Waals surface area contributed by atoms with E-state index in [1.54, 1.807) is 0 Å². The Morgan fingerprint density at radius 1 is 1.10 bits per heavy atom. The molecular weight excluding hydrogens is 498 g/mol. The van der Waals surface area contributed by atoms with Crippen molar-refractivity contribution in [3.05, 3.63) is 45.5 Å². The number of aryl methyl sites for hydroxylation is 2. The number of aromatic hydroxyl groups is 1. The van der Waals surface area contributed by atoms with Crippen molar-refractivity contribution in [1.82, 2.24) is 4.90 Å². The van der Waals surface area contributed by atoms with Gasteiger partial charge in [0.05, 0.1) is 24.5 Å². The van der Waals surface area contributed by atoms with E-state index in [1.165, 1.54) is 4.90 Å². The van der Waals surface area contributed by atoms with Crippen LogP contribution in [0, 0.1) is 31.6 Å². The molecule has 2 amide bonds. The van der Waals surface area contributed by atoms with Crippen molar-refractivity contribution in [1.29, 1.82) is 0 Å². The minimum Gasteiger partial charge on any atom is -0.507 e. The smallest absolute Gasteiger partial charge is 0.303 e. The molecule has 1 saturated heterocycles. The van der Waals surface area contributed by atoms with Gasteiger partial charge in [-0.25, -0.2) is 0 Å². The van der Waals surface area contributed by atoms with Crippen LogP contribution < -0.4 is 0 Å². The van der Waals surface area contributed by atoms with Gasteiger partial charge >= 0.3 is 5.97 Å². The molecular formula is C31H43NO7. The molecule has 0 radical (unpaired) electrons. The Bertz CT molecular complexity index is 1130. The van der Waals surface area contributed by atoms with E-state index in [2.05, 4.69) is 0 Å². The monoisotopic (exact) mass is 541 g/mol. The Morgan fingerprint density at radius 3 is 2.36 bits per heavy atom. The summed E-state index contributed by atoms with van der Waals surface area (Å²) in [5.41, 5.74) is 5.30. The molecule has 1 heterocycles. The van der Waals surface area contributed by atoms with Gasteiger partial charge in [-0.1, -0.05) is 30.6 Å². The number of carboxylic acids is 1. The highest BCUT2D eigenvalue weighted by Gasteiger charge is 2.54. The molecule has 1 fully saturated rings. The number of amides is 2. The SMILES string of the molecule is CCC1=C([C@H](O)CC/C(C)=C/c2cc(C)c(O)c(C)c2)[C@H](CO)[C@@H]2C(=O)N(CCCCCC(=O)O)C(=O)[C@@H]2C1. The summed E-state index contributed by atoms with van der Waals surface area (Å²) in [7, 11) is 0. The number of rotatable bonds is 13. The highest BCUT2D eigenvalue weighted by atomic mass is 16.4. The maximum absolute atomic E-state index is 13.4. The minimum atomic E-state index is -0.861. The number of likely N-dealkylation sites (tertiary alicyclic amines) is 1. The Kier molecular flexibility index (Phi) is 10.5. The van der Waals surface area contributed by atoms with Gasteiger partial charge in [-0.2, -0.15) is 0 Å². The van der Waals surface area contributed by atoms with E-state index in [0.29, 0.717) is 56.3 Å². The van der Waals surface area contributed by atoms with Gasteiger partial charge in [0.25, 0.3) is 0 Å². The molecule has 0 bridgehead atoms. The van der Waals surface area contributed by atoms with Crippen LogP contribution in [0.3, 0.4) is 0 Å². The molecule has 39 heavy (non-hydrogen) atoms. The van der Waals surface area contributed by atoms with Crippen molar-refractivity contribution >= 4 is 23.9 Å². The van der Waals surface area contributed by atoms with Gasteiger partial charge in [-0.15, -0.1) is 0 Å². The molecule has 3 rings (SSSR count). The highest BCUT2D eigenvalue weighted by Crippen LogP contribution is 2.47. The van der Waals surface area contributed by atoms with Crippen LogP contribution in [0.25, 0.3) is 6.08 Å². The summed E-state index contributed by atoms with van der Waals surface area (Å²) in [6.07, 6.45) is 5.00. The first-order chi connectivity index (χ1) is 18.5. The number of allylic oxidation sites excluding steroid dienone is 2. The number of carboxylic acid groups (broad SMARTS) is 1. The molecule has 0 spiro atoms. The third kappa shape index (κ3) is 6.97. The average Bonchev–Trinajstić information content (AvgIpc) is 3.13. The number of fused-ring (bicyclic) bond motifs is 1. The maximum atomic E-state index is 13.4. The van der Waals surface area contributed by atoms with E-state index < -0.39 is 29.8 Å². The molecule has 0 unspecified atom stereocenters. The van der Waals surface area contributed by atoms with Crippen LogP contribution in [-0.4, -0.2) is 62.4 Å². The number of nitrogens with zero attached hydrogens (tertiary/aromatic N) is 1. The fraction of sp³-hybridized carbons (Fsp3) is 0.581. The third-order valence-electron chi connectivity index (χ3n) is 8.27. The number of phenolic OH excluding ortho intramolecular Hbond substituents is 1. The Balaban J connectivity index is 1.72. The normalized spacial score (nSPS) is 22.5. The number of hydrogen-bond acceptors (Lipinski definition) is 6. The van der Waals surface area contributed by atoms with Crippen LogP contribution in [-0.2, 0) is 14.4 Å². The van der Waals surface area contributed by atoms with E-state index in [-0.39, 0.29) is 31.4 Å². The summed E-state index contributed by atoms with van der Waals surface area (Å²) in [5.74, 6) is -2.89. The van der Waals surface area contributed by atoms with Crippen molar-refractivity contribution in [3.8, 4) is 5.75 Å². The van der Waals surface area contributed by atoms with Gasteiger partial charge in [0, 0.05) is 18.9 Å². The number of phenols is 1. The lowest BCUT2D eigenvalue weighted by Gasteiger charge is -2.36. The number of aliphatic carboxylic acids is 1. The van der Waals surface area contributed by atoms with Crippen molar-refractivity contribution in [2.45, 2.75) is 85.2 Å². The molecule has 8 heteroatoms. The zero-order valence-electron chi connectivity index (χ0n) is 23.6. The molecule has 214 valence electrons. The van der Waals surface area contributed by atoms with Crippen LogP contribution in [0.1, 0.15) is 81.9 Å². The number of aliphatic hydroxyl groups is 2. The van der Waals surface area contributed by atoms with Crippen LogP contribution in [0.15, 0.2) is 28.9 Å². The fourth-order valence-corrected chi connectivity index (χ4v) is 6.26. The molecule has 0 saturated carbocycles. The molecule has 1 aliphatic carbocycles. The number of benzene rings is 1. The van der Waals surface area contributed by atoms with Crippen molar-refractivity contribution < 1.29 is 34.8 Å². The number of carbonyl (C=O) groups excluding carboxylic acids is 2.